The molecule has 0 fully saturated rings. The van der Waals surface area contributed by atoms with E-state index in [4.69, 9.17) is 0 Å². The molecule has 0 aromatic heterocycles. The van der Waals surface area contributed by atoms with Gasteiger partial charge in [0.05, 0.1) is 0 Å². The van der Waals surface area contributed by atoms with E-state index < -0.39 is 0 Å². The summed E-state index contributed by atoms with van der Waals surface area (Å²) < 4.78 is 0. The molecule has 1 aliphatic carbocycles. The molecule has 1 atom stereocenters. The highest BCUT2D eigenvalue weighted by molar-refractivity contribution is 5.86. The number of ketones is 1. The average Bonchev–Trinajstić information content (AvgIpc) is 2.29. The Labute approximate surface area is 104 Å². The molecule has 92 valence electrons. The van der Waals surface area contributed by atoms with Crippen LogP contribution in [0.2, 0.25) is 0 Å². The van der Waals surface area contributed by atoms with Crippen LogP contribution in [0.4, 0.5) is 0 Å². The first-order chi connectivity index (χ1) is 8.06. The molecule has 1 unspecified atom stereocenters. The Morgan fingerprint density at radius 3 is 2.76 bits per heavy atom. The maximum absolute atomic E-state index is 12.2. The molecule has 1 heteroatoms. The van der Waals surface area contributed by atoms with E-state index in [-0.39, 0.29) is 11.3 Å². The topological polar surface area (TPSA) is 17.1 Å². The molecule has 1 aromatic rings. The summed E-state index contributed by atoms with van der Waals surface area (Å²) >= 11 is 0. The van der Waals surface area contributed by atoms with Gasteiger partial charge < -0.3 is 0 Å². The number of benzene rings is 1. The summed E-state index contributed by atoms with van der Waals surface area (Å²) in [5.74, 6) is 0.578. The smallest absolute Gasteiger partial charge is 0.140 e. The molecular weight excluding hydrogens is 208 g/mol. The summed E-state index contributed by atoms with van der Waals surface area (Å²) in [4.78, 5) is 12.2. The van der Waals surface area contributed by atoms with Crippen LogP contribution in [0.25, 0.3) is 0 Å². The maximum Gasteiger partial charge on any atom is 0.140 e. The first-order valence-corrected chi connectivity index (χ1v) is 6.68. The zero-order valence-electron chi connectivity index (χ0n) is 11.1. The Balaban J connectivity index is 2.38. The van der Waals surface area contributed by atoms with E-state index in [1.807, 2.05) is 0 Å². The Morgan fingerprint density at radius 2 is 2.06 bits per heavy atom. The molecule has 0 aliphatic heterocycles. The van der Waals surface area contributed by atoms with E-state index in [9.17, 15) is 4.79 Å². The minimum Gasteiger partial charge on any atom is -0.299 e. The van der Waals surface area contributed by atoms with Crippen LogP contribution in [-0.4, -0.2) is 5.78 Å². The Kier molecular flexibility index (Phi) is 3.37. The van der Waals surface area contributed by atoms with Gasteiger partial charge in [0.25, 0.3) is 0 Å². The second-order valence-corrected chi connectivity index (χ2v) is 5.78. The Hall–Kier alpha value is -1.11. The fourth-order valence-corrected chi connectivity index (χ4v) is 2.97. The van der Waals surface area contributed by atoms with E-state index in [0.29, 0.717) is 5.78 Å². The molecule has 1 aromatic carbocycles. The molecule has 0 radical (unpaired) electrons. The van der Waals surface area contributed by atoms with Gasteiger partial charge in [-0.05, 0) is 35.8 Å². The highest BCUT2D eigenvalue weighted by Crippen LogP contribution is 2.43. The first kappa shape index (κ1) is 12.3. The molecule has 0 spiro atoms. The third-order valence-corrected chi connectivity index (χ3v) is 4.01. The van der Waals surface area contributed by atoms with Gasteiger partial charge in [0.2, 0.25) is 0 Å². The predicted molar refractivity (Wildman–Crippen MR) is 71.4 cm³/mol. The number of carbonyl (C=O) groups is 1. The van der Waals surface area contributed by atoms with Gasteiger partial charge in [-0.1, -0.05) is 45.0 Å². The molecule has 1 aliphatic rings. The Bertz CT molecular complexity index is 417. The summed E-state index contributed by atoms with van der Waals surface area (Å²) in [6, 6.07) is 8.49. The fraction of sp³-hybridized carbons (Fsp3) is 0.562. The third kappa shape index (κ3) is 2.29. The van der Waals surface area contributed by atoms with Crippen LogP contribution in [0.5, 0.6) is 0 Å². The number of Topliss-reactive ketones (excluding diaryl/α,β-unsaturated/α-hetero) is 1. The van der Waals surface area contributed by atoms with Crippen molar-refractivity contribution in [2.45, 2.75) is 57.8 Å². The quantitative estimate of drug-likeness (QED) is 0.760. The van der Waals surface area contributed by atoms with Crippen LogP contribution in [0.1, 0.15) is 63.5 Å². The van der Waals surface area contributed by atoms with Crippen LogP contribution in [0.3, 0.4) is 0 Å². The van der Waals surface area contributed by atoms with E-state index in [0.717, 1.165) is 25.7 Å². The van der Waals surface area contributed by atoms with Crippen molar-refractivity contribution in [3.8, 4) is 0 Å². The lowest BCUT2D eigenvalue weighted by Gasteiger charge is -2.36. The first-order valence-electron chi connectivity index (χ1n) is 6.68. The van der Waals surface area contributed by atoms with Crippen LogP contribution in [0.15, 0.2) is 24.3 Å². The lowest BCUT2D eigenvalue weighted by molar-refractivity contribution is -0.120. The molecular formula is C16H22O. The zero-order valence-corrected chi connectivity index (χ0v) is 11.1. The van der Waals surface area contributed by atoms with Crippen LogP contribution < -0.4 is 0 Å². The highest BCUT2D eigenvalue weighted by atomic mass is 16.1. The molecule has 0 bridgehead atoms. The van der Waals surface area contributed by atoms with Gasteiger partial charge >= 0.3 is 0 Å². The van der Waals surface area contributed by atoms with Gasteiger partial charge in [0.15, 0.2) is 0 Å². The second-order valence-electron chi connectivity index (χ2n) is 5.78. The minimum atomic E-state index is 0.152. The van der Waals surface area contributed by atoms with Crippen LogP contribution >= 0.6 is 0 Å². The molecule has 0 amide bonds. The fourth-order valence-electron chi connectivity index (χ4n) is 2.97. The number of rotatable bonds is 3. The Morgan fingerprint density at radius 1 is 1.35 bits per heavy atom. The normalized spacial score (nSPS) is 21.9. The van der Waals surface area contributed by atoms with Crippen molar-refractivity contribution in [3.05, 3.63) is 35.4 Å². The van der Waals surface area contributed by atoms with Crippen molar-refractivity contribution < 1.29 is 4.79 Å². The maximum atomic E-state index is 12.2. The van der Waals surface area contributed by atoms with Gasteiger partial charge in [-0.25, -0.2) is 0 Å². The van der Waals surface area contributed by atoms with Gasteiger partial charge in [0.1, 0.15) is 5.78 Å². The van der Waals surface area contributed by atoms with Crippen molar-refractivity contribution >= 4 is 5.78 Å². The standard InChI is InChI=1S/C16H22O/c1-4-7-15(17)13-10-11-16(2,3)14-9-6-5-8-12(13)14/h5-6,8-9,13H,4,7,10-11H2,1-3H3. The lowest BCUT2D eigenvalue weighted by atomic mass is 9.67. The number of carbonyl (C=O) groups excluding carboxylic acids is 1. The van der Waals surface area contributed by atoms with Gasteiger partial charge in [-0.3, -0.25) is 4.79 Å². The highest BCUT2D eigenvalue weighted by Gasteiger charge is 2.34. The SMILES string of the molecule is CCCC(=O)C1CCC(C)(C)c2ccccc21. The van der Waals surface area contributed by atoms with Gasteiger partial charge in [-0.15, -0.1) is 0 Å². The average molecular weight is 230 g/mol. The van der Waals surface area contributed by atoms with Crippen LogP contribution in [0, 0.1) is 0 Å². The summed E-state index contributed by atoms with van der Waals surface area (Å²) in [5, 5.41) is 0. The summed E-state index contributed by atoms with van der Waals surface area (Å²) in [6.07, 6.45) is 3.81. The zero-order chi connectivity index (χ0) is 12.5. The number of fused-ring (bicyclic) bond motifs is 1. The molecule has 0 N–H and O–H groups in total. The van der Waals surface area contributed by atoms with Crippen molar-refractivity contribution in [3.63, 3.8) is 0 Å². The number of hydrogen-bond acceptors (Lipinski definition) is 1. The van der Waals surface area contributed by atoms with E-state index in [1.54, 1.807) is 0 Å². The van der Waals surface area contributed by atoms with E-state index in [2.05, 4.69) is 45.0 Å². The summed E-state index contributed by atoms with van der Waals surface area (Å²) in [6.45, 7) is 6.65. The second kappa shape index (κ2) is 4.64. The van der Waals surface area contributed by atoms with E-state index in [1.165, 1.54) is 11.1 Å². The third-order valence-electron chi connectivity index (χ3n) is 4.01. The largest absolute Gasteiger partial charge is 0.299 e. The number of hydrogen-bond donors (Lipinski definition) is 0. The van der Waals surface area contributed by atoms with Crippen LogP contribution in [-0.2, 0) is 10.2 Å². The molecule has 0 saturated carbocycles. The molecule has 0 saturated heterocycles. The van der Waals surface area contributed by atoms with Crippen molar-refractivity contribution in [2.24, 2.45) is 0 Å². The molecule has 0 heterocycles. The summed E-state index contributed by atoms with van der Waals surface area (Å²) in [7, 11) is 0. The van der Waals surface area contributed by atoms with E-state index >= 15 is 0 Å². The van der Waals surface area contributed by atoms with Gasteiger partial charge in [0, 0.05) is 12.3 Å². The van der Waals surface area contributed by atoms with Crippen molar-refractivity contribution in [2.75, 3.05) is 0 Å². The van der Waals surface area contributed by atoms with Crippen molar-refractivity contribution in [1.82, 2.24) is 0 Å². The molecule has 1 nitrogen and oxygen atoms in total. The summed E-state index contributed by atoms with van der Waals surface area (Å²) in [5.41, 5.74) is 2.88. The van der Waals surface area contributed by atoms with Gasteiger partial charge in [-0.2, -0.15) is 0 Å². The predicted octanol–water partition coefficient (Wildman–Crippen LogP) is 4.21. The monoisotopic (exact) mass is 230 g/mol. The van der Waals surface area contributed by atoms with Crippen molar-refractivity contribution in [1.29, 1.82) is 0 Å². The minimum absolute atomic E-state index is 0.152. The lowest BCUT2D eigenvalue weighted by Crippen LogP contribution is -2.29. The molecule has 17 heavy (non-hydrogen) atoms. The molecule has 2 rings (SSSR count).